The smallest absolute Gasteiger partial charge is 0.335 e. The molecule has 20 heavy (non-hydrogen) atoms. The highest BCUT2D eigenvalue weighted by Gasteiger charge is 2.13. The first-order valence-electron chi connectivity index (χ1n) is 6.04. The Hall–Kier alpha value is -1.60. The number of nitrogens with one attached hydrogen (secondary N) is 1. The molecule has 1 atom stereocenters. The van der Waals surface area contributed by atoms with Gasteiger partial charge in [0, 0.05) is 18.1 Å². The summed E-state index contributed by atoms with van der Waals surface area (Å²) in [7, 11) is 1.60. The van der Waals surface area contributed by atoms with Gasteiger partial charge in [-0.3, -0.25) is 0 Å². The monoisotopic (exact) mass is 344 g/mol. The number of aromatic carboxylic acids is 1. The second kappa shape index (κ2) is 7.25. The fraction of sp³-hybridized carbons (Fsp3) is 0.385. The number of carbonyl (C=O) groups excluding carboxylic acids is 1. The highest BCUT2D eigenvalue weighted by molar-refractivity contribution is 9.10. The van der Waals surface area contributed by atoms with Gasteiger partial charge in [-0.2, -0.15) is 0 Å². The molecular weight excluding hydrogens is 328 g/mol. The first-order valence-corrected chi connectivity index (χ1v) is 6.83. The van der Waals surface area contributed by atoms with Gasteiger partial charge in [-0.05, 0) is 47.5 Å². The molecule has 0 saturated heterocycles. The number of benzene rings is 1. The Morgan fingerprint density at radius 3 is 2.65 bits per heavy atom. The van der Waals surface area contributed by atoms with Crippen LogP contribution in [0.2, 0.25) is 0 Å². The summed E-state index contributed by atoms with van der Waals surface area (Å²) in [6.45, 7) is 2.05. The van der Waals surface area contributed by atoms with E-state index in [2.05, 4.69) is 21.2 Å². The molecule has 2 amide bonds. The number of rotatable bonds is 5. The molecule has 1 rings (SSSR count). The predicted molar refractivity (Wildman–Crippen MR) is 79.0 cm³/mol. The van der Waals surface area contributed by atoms with Crippen molar-refractivity contribution in [2.75, 3.05) is 18.9 Å². The molecule has 0 aliphatic rings. The fourth-order valence-electron chi connectivity index (χ4n) is 1.45. The first kappa shape index (κ1) is 16.5. The van der Waals surface area contributed by atoms with Gasteiger partial charge in [0.05, 0.1) is 17.4 Å². The highest BCUT2D eigenvalue weighted by Crippen LogP contribution is 2.24. The lowest BCUT2D eigenvalue weighted by atomic mass is 10.2. The summed E-state index contributed by atoms with van der Waals surface area (Å²) >= 11 is 3.25. The lowest BCUT2D eigenvalue weighted by Crippen LogP contribution is -2.33. The summed E-state index contributed by atoms with van der Waals surface area (Å²) in [5.74, 6) is -1.06. The van der Waals surface area contributed by atoms with Gasteiger partial charge < -0.3 is 20.4 Å². The molecule has 0 radical (unpaired) electrons. The number of carboxylic acids is 1. The lowest BCUT2D eigenvalue weighted by Gasteiger charge is -2.19. The van der Waals surface area contributed by atoms with Gasteiger partial charge in [0.1, 0.15) is 0 Å². The summed E-state index contributed by atoms with van der Waals surface area (Å²) in [6.07, 6.45) is -0.00685. The molecule has 110 valence electrons. The van der Waals surface area contributed by atoms with Gasteiger partial charge in [0.15, 0.2) is 0 Å². The number of nitrogens with zero attached hydrogens (tertiary/aromatic N) is 1. The Kier molecular flexibility index (Phi) is 5.97. The highest BCUT2D eigenvalue weighted by atomic mass is 79.9. The average Bonchev–Trinajstić information content (AvgIpc) is 2.37. The average molecular weight is 345 g/mol. The molecule has 6 nitrogen and oxygen atoms in total. The van der Waals surface area contributed by atoms with E-state index >= 15 is 0 Å². The normalized spacial score (nSPS) is 11.8. The van der Waals surface area contributed by atoms with Crippen LogP contribution in [-0.4, -0.2) is 46.8 Å². The van der Waals surface area contributed by atoms with Crippen LogP contribution in [-0.2, 0) is 0 Å². The summed E-state index contributed by atoms with van der Waals surface area (Å²) in [5, 5.41) is 20.7. The standard InChI is InChI=1S/C13H17BrN2O4/c1-8(17)5-6-16(2)13(20)15-11-7-9(12(18)19)3-4-10(11)14/h3-4,7-8,17H,5-6H2,1-2H3,(H,15,20)(H,18,19). The number of amides is 2. The van der Waals surface area contributed by atoms with E-state index in [-0.39, 0.29) is 11.6 Å². The minimum Gasteiger partial charge on any atom is -0.478 e. The van der Waals surface area contributed by atoms with Gasteiger partial charge in [-0.1, -0.05) is 0 Å². The number of urea groups is 1. The van der Waals surface area contributed by atoms with E-state index in [1.807, 2.05) is 0 Å². The zero-order chi connectivity index (χ0) is 15.3. The minimum absolute atomic E-state index is 0.0927. The van der Waals surface area contributed by atoms with E-state index < -0.39 is 12.1 Å². The molecule has 0 saturated carbocycles. The quantitative estimate of drug-likeness (QED) is 0.764. The van der Waals surface area contributed by atoms with Gasteiger partial charge in [-0.15, -0.1) is 0 Å². The van der Waals surface area contributed by atoms with E-state index in [1.54, 1.807) is 20.0 Å². The number of hydrogen-bond acceptors (Lipinski definition) is 3. The molecule has 3 N–H and O–H groups in total. The molecule has 0 fully saturated rings. The minimum atomic E-state index is -1.06. The zero-order valence-corrected chi connectivity index (χ0v) is 12.8. The van der Waals surface area contributed by atoms with Crippen molar-refractivity contribution in [3.8, 4) is 0 Å². The Balaban J connectivity index is 2.74. The second-order valence-electron chi connectivity index (χ2n) is 4.49. The lowest BCUT2D eigenvalue weighted by molar-refractivity contribution is 0.0697. The maximum atomic E-state index is 11.9. The first-order chi connectivity index (χ1) is 9.31. The SMILES string of the molecule is CC(O)CCN(C)C(=O)Nc1cc(C(=O)O)ccc1Br. The van der Waals surface area contributed by atoms with Crippen LogP contribution in [0.1, 0.15) is 23.7 Å². The van der Waals surface area contributed by atoms with Crippen molar-refractivity contribution in [2.45, 2.75) is 19.4 Å². The van der Waals surface area contributed by atoms with Crippen molar-refractivity contribution in [1.82, 2.24) is 4.90 Å². The van der Waals surface area contributed by atoms with Crippen molar-refractivity contribution >= 4 is 33.6 Å². The van der Waals surface area contributed by atoms with Crippen LogP contribution in [0.3, 0.4) is 0 Å². The van der Waals surface area contributed by atoms with Gasteiger partial charge >= 0.3 is 12.0 Å². The molecule has 0 aliphatic heterocycles. The third kappa shape index (κ3) is 4.82. The molecule has 0 aromatic heterocycles. The number of hydrogen-bond donors (Lipinski definition) is 3. The molecule has 0 spiro atoms. The van der Waals surface area contributed by atoms with Crippen molar-refractivity contribution in [2.24, 2.45) is 0 Å². The molecule has 0 aliphatic carbocycles. The van der Waals surface area contributed by atoms with Crippen LogP contribution < -0.4 is 5.32 Å². The number of aliphatic hydroxyl groups is 1. The Bertz CT molecular complexity index is 505. The molecule has 1 aromatic carbocycles. The predicted octanol–water partition coefficient (Wildman–Crippen LogP) is 2.38. The van der Waals surface area contributed by atoms with Gasteiger partial charge in [0.2, 0.25) is 0 Å². The molecule has 1 aromatic rings. The molecule has 0 bridgehead atoms. The van der Waals surface area contributed by atoms with Crippen LogP contribution in [0, 0.1) is 0 Å². The molecule has 7 heteroatoms. The van der Waals surface area contributed by atoms with Crippen LogP contribution >= 0.6 is 15.9 Å². The second-order valence-corrected chi connectivity index (χ2v) is 5.34. The fourth-order valence-corrected chi connectivity index (χ4v) is 1.79. The summed E-state index contributed by atoms with van der Waals surface area (Å²) in [5.41, 5.74) is 0.480. The Morgan fingerprint density at radius 1 is 1.45 bits per heavy atom. The van der Waals surface area contributed by atoms with Crippen molar-refractivity contribution < 1.29 is 19.8 Å². The van der Waals surface area contributed by atoms with Crippen molar-refractivity contribution in [1.29, 1.82) is 0 Å². The summed E-state index contributed by atoms with van der Waals surface area (Å²) < 4.78 is 0.597. The number of halogens is 1. The van der Waals surface area contributed by atoms with Gasteiger partial charge in [-0.25, -0.2) is 9.59 Å². The van der Waals surface area contributed by atoms with Crippen LogP contribution in [0.25, 0.3) is 0 Å². The maximum Gasteiger partial charge on any atom is 0.335 e. The topological polar surface area (TPSA) is 89.9 Å². The van der Waals surface area contributed by atoms with Gasteiger partial charge in [0.25, 0.3) is 0 Å². The van der Waals surface area contributed by atoms with Crippen LogP contribution in [0.4, 0.5) is 10.5 Å². The number of carboxylic acid groups (broad SMARTS) is 1. The van der Waals surface area contributed by atoms with E-state index in [4.69, 9.17) is 5.11 Å². The largest absolute Gasteiger partial charge is 0.478 e. The van der Waals surface area contributed by atoms with E-state index in [9.17, 15) is 14.7 Å². The summed E-state index contributed by atoms with van der Waals surface area (Å²) in [6, 6.07) is 4.02. The third-order valence-electron chi connectivity index (χ3n) is 2.68. The van der Waals surface area contributed by atoms with E-state index in [0.717, 1.165) is 0 Å². The Morgan fingerprint density at radius 2 is 2.10 bits per heavy atom. The molecular formula is C13H17BrN2O4. The number of aliphatic hydroxyl groups excluding tert-OH is 1. The van der Waals surface area contributed by atoms with E-state index in [0.29, 0.717) is 23.1 Å². The van der Waals surface area contributed by atoms with Crippen molar-refractivity contribution in [3.63, 3.8) is 0 Å². The van der Waals surface area contributed by atoms with Crippen LogP contribution in [0.15, 0.2) is 22.7 Å². The van der Waals surface area contributed by atoms with E-state index in [1.165, 1.54) is 17.0 Å². The molecule has 0 heterocycles. The zero-order valence-electron chi connectivity index (χ0n) is 11.3. The van der Waals surface area contributed by atoms with Crippen molar-refractivity contribution in [3.05, 3.63) is 28.2 Å². The Labute approximate surface area is 125 Å². The third-order valence-corrected chi connectivity index (χ3v) is 3.38. The number of anilines is 1. The summed E-state index contributed by atoms with van der Waals surface area (Å²) in [4.78, 5) is 24.2. The maximum absolute atomic E-state index is 11.9. The number of carbonyl (C=O) groups is 2. The molecule has 1 unspecified atom stereocenters. The van der Waals surface area contributed by atoms with Crippen LogP contribution in [0.5, 0.6) is 0 Å².